The molecule has 8 nitrogen and oxygen atoms in total. The topological polar surface area (TPSA) is 105 Å². The van der Waals surface area contributed by atoms with Gasteiger partial charge in [0.1, 0.15) is 13.2 Å². The number of hydrogen-bond acceptors (Lipinski definition) is 5. The molecule has 0 saturated carbocycles. The first kappa shape index (κ1) is 63.2. The molecule has 0 heterocycles. The van der Waals surface area contributed by atoms with Crippen molar-refractivity contribution in [3.63, 3.8) is 0 Å². The Bertz CT molecular complexity index is 1050. The molecule has 0 bridgehead atoms. The number of likely N-dealkylation sites (N-methyl/N-ethyl adjacent to an activating group) is 1. The van der Waals surface area contributed by atoms with E-state index in [-0.39, 0.29) is 19.1 Å². The number of allylic oxidation sites excluding steroid dienone is 1. The SMILES string of the molecule is CCCCCCCCCCCCCCCCC/C=C/[C@@H](O)[C@H](COP(=O)(O)OCC[N+](C)(C)C)NC(=O)CCCCCCCCCCCCCCCCCCCCCCCCCCC. The Hall–Kier alpha value is -0.760. The number of carbonyl (C=O) groups excluding carboxylic acids is 1. The maximum absolute atomic E-state index is 13.0. The summed E-state index contributed by atoms with van der Waals surface area (Å²) in [6, 6.07) is -0.841. The van der Waals surface area contributed by atoms with Gasteiger partial charge in [-0.05, 0) is 19.3 Å². The van der Waals surface area contributed by atoms with Gasteiger partial charge in [0, 0.05) is 6.42 Å². The van der Waals surface area contributed by atoms with Crippen LogP contribution in [0.5, 0.6) is 0 Å². The fourth-order valence-electron chi connectivity index (χ4n) is 8.57. The van der Waals surface area contributed by atoms with Gasteiger partial charge in [-0.3, -0.25) is 13.8 Å². The normalized spacial score (nSPS) is 14.0. The second-order valence-corrected chi connectivity index (χ2v) is 22.1. The van der Waals surface area contributed by atoms with E-state index in [1.165, 1.54) is 231 Å². The fraction of sp³-hybridized carbons (Fsp3) is 0.945. The minimum atomic E-state index is -4.34. The molecular formula is C55H112N2O6P+. The number of rotatable bonds is 52. The van der Waals surface area contributed by atoms with Crippen molar-refractivity contribution in [2.75, 3.05) is 40.9 Å². The van der Waals surface area contributed by atoms with Gasteiger partial charge >= 0.3 is 7.82 Å². The average Bonchev–Trinajstić information content (AvgIpc) is 3.25. The predicted octanol–water partition coefficient (Wildman–Crippen LogP) is 16.7. The van der Waals surface area contributed by atoms with E-state index >= 15 is 0 Å². The van der Waals surface area contributed by atoms with E-state index in [1.807, 2.05) is 27.2 Å². The highest BCUT2D eigenvalue weighted by atomic mass is 31.2. The fourth-order valence-corrected chi connectivity index (χ4v) is 9.31. The molecule has 0 rings (SSSR count). The molecule has 9 heteroatoms. The van der Waals surface area contributed by atoms with Crippen LogP contribution in [0.2, 0.25) is 0 Å². The molecular weight excluding hydrogens is 816 g/mol. The van der Waals surface area contributed by atoms with E-state index in [0.29, 0.717) is 17.4 Å². The third kappa shape index (κ3) is 49.2. The van der Waals surface area contributed by atoms with Crippen LogP contribution in [0, 0.1) is 0 Å². The van der Waals surface area contributed by atoms with Crippen molar-refractivity contribution in [1.29, 1.82) is 0 Å². The second kappa shape index (κ2) is 47.3. The zero-order valence-electron chi connectivity index (χ0n) is 43.6. The van der Waals surface area contributed by atoms with Crippen molar-refractivity contribution < 1.29 is 32.9 Å². The molecule has 0 aromatic rings. The van der Waals surface area contributed by atoms with Gasteiger partial charge in [0.2, 0.25) is 5.91 Å². The van der Waals surface area contributed by atoms with Crippen LogP contribution in [0.1, 0.15) is 284 Å². The number of carbonyl (C=O) groups is 1. The first-order valence-electron chi connectivity index (χ1n) is 28.1. The summed E-state index contributed by atoms with van der Waals surface area (Å²) in [7, 11) is 1.59. The lowest BCUT2D eigenvalue weighted by Crippen LogP contribution is -2.45. The number of amides is 1. The van der Waals surface area contributed by atoms with Crippen LogP contribution in [0.4, 0.5) is 0 Å². The van der Waals surface area contributed by atoms with Gasteiger partial charge in [0.25, 0.3) is 0 Å². The number of aliphatic hydroxyl groups is 1. The number of quaternary nitrogens is 1. The van der Waals surface area contributed by atoms with E-state index in [9.17, 15) is 19.4 Å². The highest BCUT2D eigenvalue weighted by Crippen LogP contribution is 2.43. The molecule has 3 N–H and O–H groups in total. The van der Waals surface area contributed by atoms with Gasteiger partial charge in [-0.25, -0.2) is 4.57 Å². The lowest BCUT2D eigenvalue weighted by atomic mass is 10.0. The maximum atomic E-state index is 13.0. The lowest BCUT2D eigenvalue weighted by Gasteiger charge is -2.25. The second-order valence-electron chi connectivity index (χ2n) is 20.7. The Morgan fingerprint density at radius 1 is 0.516 bits per heavy atom. The molecule has 0 aromatic heterocycles. The molecule has 0 spiro atoms. The lowest BCUT2D eigenvalue weighted by molar-refractivity contribution is -0.870. The molecule has 1 amide bonds. The third-order valence-electron chi connectivity index (χ3n) is 13.0. The Labute approximate surface area is 399 Å². The Morgan fingerprint density at radius 2 is 0.828 bits per heavy atom. The average molecular weight is 928 g/mol. The summed E-state index contributed by atoms with van der Waals surface area (Å²) >= 11 is 0. The largest absolute Gasteiger partial charge is 0.472 e. The number of phosphoric acid groups is 1. The standard InChI is InChI=1S/C55H111N2O6P/c1-6-8-10-12-14-16-18-20-22-24-25-26-27-28-29-30-31-33-35-37-39-41-43-45-47-49-55(59)56-53(52-63-64(60,61)62-51-50-57(3,4)5)54(58)48-46-44-42-40-38-36-34-32-23-21-19-17-15-13-11-9-7-2/h46,48,53-54,58H,6-45,47,49-52H2,1-5H3,(H-,56,59,60,61)/p+1/b48-46+/t53-,54+/m0/s1. The van der Waals surface area contributed by atoms with E-state index in [0.717, 1.165) is 32.1 Å². The zero-order chi connectivity index (χ0) is 47.1. The van der Waals surface area contributed by atoms with Crippen molar-refractivity contribution in [2.45, 2.75) is 296 Å². The van der Waals surface area contributed by atoms with Crippen LogP contribution in [0.3, 0.4) is 0 Å². The molecule has 64 heavy (non-hydrogen) atoms. The van der Waals surface area contributed by atoms with Crippen molar-refractivity contribution in [3.05, 3.63) is 12.2 Å². The molecule has 3 atom stereocenters. The molecule has 0 aliphatic heterocycles. The van der Waals surface area contributed by atoms with E-state index in [4.69, 9.17) is 9.05 Å². The van der Waals surface area contributed by atoms with Crippen LogP contribution in [-0.2, 0) is 18.4 Å². The number of aliphatic hydroxyl groups excluding tert-OH is 1. The number of nitrogens with one attached hydrogen (secondary N) is 1. The van der Waals surface area contributed by atoms with Crippen molar-refractivity contribution in [3.8, 4) is 0 Å². The van der Waals surface area contributed by atoms with Crippen molar-refractivity contribution >= 4 is 13.7 Å². The molecule has 0 fully saturated rings. The molecule has 0 aliphatic rings. The summed E-state index contributed by atoms with van der Waals surface area (Å²) in [6.07, 6.45) is 57.3. The Balaban J connectivity index is 4.16. The summed E-state index contributed by atoms with van der Waals surface area (Å²) < 4.78 is 23.7. The van der Waals surface area contributed by atoms with Crippen LogP contribution in [0.25, 0.3) is 0 Å². The van der Waals surface area contributed by atoms with Gasteiger partial charge in [0.05, 0.1) is 39.9 Å². The number of phosphoric ester groups is 1. The maximum Gasteiger partial charge on any atom is 0.472 e. The van der Waals surface area contributed by atoms with Gasteiger partial charge < -0.3 is 19.8 Å². The van der Waals surface area contributed by atoms with Gasteiger partial charge in [-0.1, -0.05) is 270 Å². The quantitative estimate of drug-likeness (QED) is 0.0243. The van der Waals surface area contributed by atoms with Crippen molar-refractivity contribution in [1.82, 2.24) is 5.32 Å². The van der Waals surface area contributed by atoms with E-state index in [1.54, 1.807) is 6.08 Å². The predicted molar refractivity (Wildman–Crippen MR) is 277 cm³/mol. The van der Waals surface area contributed by atoms with E-state index in [2.05, 4.69) is 19.2 Å². The molecule has 0 aliphatic carbocycles. The summed E-state index contributed by atoms with van der Waals surface area (Å²) in [4.78, 5) is 23.3. The Kier molecular flexibility index (Phi) is 46.8. The summed E-state index contributed by atoms with van der Waals surface area (Å²) in [5.41, 5.74) is 0. The van der Waals surface area contributed by atoms with Crippen LogP contribution in [0.15, 0.2) is 12.2 Å². The summed E-state index contributed by atoms with van der Waals surface area (Å²) in [5, 5.41) is 13.9. The molecule has 382 valence electrons. The minimum Gasteiger partial charge on any atom is -0.387 e. The van der Waals surface area contributed by atoms with Crippen LogP contribution >= 0.6 is 7.82 Å². The number of nitrogens with zero attached hydrogens (tertiary/aromatic N) is 1. The first-order chi connectivity index (χ1) is 31.0. The van der Waals surface area contributed by atoms with Gasteiger partial charge in [-0.2, -0.15) is 0 Å². The Morgan fingerprint density at radius 3 is 1.16 bits per heavy atom. The number of hydrogen-bond donors (Lipinski definition) is 3. The summed E-state index contributed by atoms with van der Waals surface area (Å²) in [5.74, 6) is -0.170. The first-order valence-corrected chi connectivity index (χ1v) is 29.6. The molecule has 1 unspecified atom stereocenters. The molecule has 0 saturated heterocycles. The van der Waals surface area contributed by atoms with Crippen molar-refractivity contribution in [2.24, 2.45) is 0 Å². The third-order valence-corrected chi connectivity index (χ3v) is 14.0. The van der Waals surface area contributed by atoms with Crippen LogP contribution in [-0.4, -0.2) is 73.4 Å². The highest BCUT2D eigenvalue weighted by molar-refractivity contribution is 7.47. The van der Waals surface area contributed by atoms with Crippen LogP contribution < -0.4 is 5.32 Å². The molecule has 0 aromatic carbocycles. The van der Waals surface area contributed by atoms with Gasteiger partial charge in [0.15, 0.2) is 0 Å². The number of unbranched alkanes of at least 4 members (excludes halogenated alkanes) is 39. The summed E-state index contributed by atoms with van der Waals surface area (Å²) in [6.45, 7) is 4.86. The zero-order valence-corrected chi connectivity index (χ0v) is 44.4. The molecule has 0 radical (unpaired) electrons. The minimum absolute atomic E-state index is 0.0651. The highest BCUT2D eigenvalue weighted by Gasteiger charge is 2.27. The van der Waals surface area contributed by atoms with E-state index < -0.39 is 20.0 Å². The monoisotopic (exact) mass is 928 g/mol. The van der Waals surface area contributed by atoms with Gasteiger partial charge in [-0.15, -0.1) is 0 Å². The smallest absolute Gasteiger partial charge is 0.387 e.